The van der Waals surface area contributed by atoms with Crippen LogP contribution in [0.2, 0.25) is 0 Å². The Balaban J connectivity index is 0. The Morgan fingerprint density at radius 1 is 1.43 bits per heavy atom. The van der Waals surface area contributed by atoms with Crippen molar-refractivity contribution < 1.29 is 31.9 Å². The third-order valence-electron chi connectivity index (χ3n) is 2.15. The van der Waals surface area contributed by atoms with E-state index in [-0.39, 0.29) is 34.1 Å². The molecule has 0 spiro atoms. The predicted octanol–water partition coefficient (Wildman–Crippen LogP) is 2.67. The van der Waals surface area contributed by atoms with Gasteiger partial charge in [-0.3, -0.25) is 4.79 Å². The molecule has 0 rings (SSSR count). The van der Waals surface area contributed by atoms with Crippen LogP contribution in [0.3, 0.4) is 0 Å². The second-order valence-corrected chi connectivity index (χ2v) is 3.57. The van der Waals surface area contributed by atoms with Crippen molar-refractivity contribution >= 4 is 18.6 Å². The van der Waals surface area contributed by atoms with E-state index in [0.717, 1.165) is 12.8 Å². The first-order valence-electron chi connectivity index (χ1n) is 5.01. The van der Waals surface area contributed by atoms with E-state index in [1.165, 1.54) is 12.8 Å². The van der Waals surface area contributed by atoms with Gasteiger partial charge in [0.2, 0.25) is 0 Å². The predicted molar refractivity (Wildman–Crippen MR) is 58.1 cm³/mol. The molecular weight excluding hydrogens is 381 g/mol. The van der Waals surface area contributed by atoms with Crippen LogP contribution in [-0.2, 0) is 31.9 Å². The number of thiol groups is 1. The van der Waals surface area contributed by atoms with Crippen LogP contribution in [0, 0.1) is 5.92 Å². The molecule has 89 valence electrons. The van der Waals surface area contributed by atoms with Gasteiger partial charge in [0, 0.05) is 22.4 Å². The van der Waals surface area contributed by atoms with Crippen LogP contribution >= 0.6 is 12.6 Å². The first-order valence-corrected chi connectivity index (χ1v) is 5.64. The summed E-state index contributed by atoms with van der Waals surface area (Å²) in [5.41, 5.74) is 0. The van der Waals surface area contributed by atoms with Gasteiger partial charge >= 0.3 is 5.97 Å². The second-order valence-electron chi connectivity index (χ2n) is 3.26. The van der Waals surface area contributed by atoms with E-state index >= 15 is 0 Å². The first kappa shape index (κ1) is 17.0. The third kappa shape index (κ3) is 9.13. The van der Waals surface area contributed by atoms with Crippen molar-refractivity contribution in [1.29, 1.82) is 0 Å². The van der Waals surface area contributed by atoms with Gasteiger partial charge in [0.15, 0.2) is 0 Å². The Morgan fingerprint density at radius 3 is 2.50 bits per heavy atom. The Morgan fingerprint density at radius 2 is 2.07 bits per heavy atom. The molecule has 14 heavy (non-hydrogen) atoms. The van der Waals surface area contributed by atoms with Crippen LogP contribution in [0.5, 0.6) is 0 Å². The standard InChI is InChI=1S/C10H20O2S.Au/c1-3-5-6-9(4-2)7-12-10(11)8-13;/h9,13H,3-8H2,1-2H3;. The van der Waals surface area contributed by atoms with Gasteiger partial charge in [-0.25, -0.2) is 0 Å². The summed E-state index contributed by atoms with van der Waals surface area (Å²) in [5, 5.41) is 0. The molecule has 0 aliphatic heterocycles. The van der Waals surface area contributed by atoms with Gasteiger partial charge in [-0.2, -0.15) is 12.6 Å². The monoisotopic (exact) mass is 401 g/mol. The number of hydrogen-bond acceptors (Lipinski definition) is 3. The van der Waals surface area contributed by atoms with E-state index < -0.39 is 0 Å². The smallest absolute Gasteiger partial charge is 0.315 e. The van der Waals surface area contributed by atoms with E-state index in [4.69, 9.17) is 4.74 Å². The maximum Gasteiger partial charge on any atom is 0.315 e. The van der Waals surface area contributed by atoms with E-state index in [2.05, 4.69) is 26.5 Å². The fourth-order valence-corrected chi connectivity index (χ4v) is 1.25. The van der Waals surface area contributed by atoms with Crippen molar-refractivity contribution in [3.05, 3.63) is 0 Å². The number of esters is 1. The molecule has 0 amide bonds. The van der Waals surface area contributed by atoms with Crippen molar-refractivity contribution in [3.8, 4) is 0 Å². The number of unbranched alkanes of at least 4 members (excludes halogenated alkanes) is 1. The summed E-state index contributed by atoms with van der Waals surface area (Å²) in [6.07, 6.45) is 4.67. The fourth-order valence-electron chi connectivity index (χ4n) is 1.15. The van der Waals surface area contributed by atoms with Crippen molar-refractivity contribution in [1.82, 2.24) is 0 Å². The normalized spacial score (nSPS) is 11.6. The van der Waals surface area contributed by atoms with Gasteiger partial charge in [-0.15, -0.1) is 0 Å². The average molecular weight is 401 g/mol. The zero-order chi connectivity index (χ0) is 10.1. The summed E-state index contributed by atoms with van der Waals surface area (Å²) < 4.78 is 5.03. The molecule has 0 fully saturated rings. The average Bonchev–Trinajstić information content (AvgIpc) is 2.17. The van der Waals surface area contributed by atoms with Crippen molar-refractivity contribution in [3.63, 3.8) is 0 Å². The van der Waals surface area contributed by atoms with Crippen LogP contribution in [0.4, 0.5) is 0 Å². The van der Waals surface area contributed by atoms with E-state index in [9.17, 15) is 4.79 Å². The van der Waals surface area contributed by atoms with E-state index in [0.29, 0.717) is 12.5 Å². The van der Waals surface area contributed by atoms with Crippen LogP contribution in [-0.4, -0.2) is 18.3 Å². The van der Waals surface area contributed by atoms with Crippen LogP contribution in [0.1, 0.15) is 39.5 Å². The molecule has 0 aromatic rings. The van der Waals surface area contributed by atoms with Crippen LogP contribution in [0.25, 0.3) is 0 Å². The number of ether oxygens (including phenoxy) is 1. The number of rotatable bonds is 7. The van der Waals surface area contributed by atoms with Gasteiger partial charge in [0.1, 0.15) is 0 Å². The Hall–Kier alpha value is 0.560. The molecule has 0 saturated heterocycles. The second kappa shape index (κ2) is 11.6. The summed E-state index contributed by atoms with van der Waals surface area (Å²) >= 11 is 3.84. The Labute approximate surface area is 108 Å². The first-order chi connectivity index (χ1) is 6.24. The molecule has 0 aromatic carbocycles. The molecule has 0 aliphatic rings. The van der Waals surface area contributed by atoms with Crippen molar-refractivity contribution in [2.45, 2.75) is 39.5 Å². The minimum absolute atomic E-state index is 0. The molecular formula is C10H20AuO2S. The molecule has 0 N–H and O–H groups in total. The summed E-state index contributed by atoms with van der Waals surface area (Å²) in [5.74, 6) is 0.506. The molecule has 1 atom stereocenters. The molecule has 1 unspecified atom stereocenters. The molecule has 1 radical (unpaired) electrons. The zero-order valence-corrected chi connectivity index (χ0v) is 11.9. The minimum atomic E-state index is -0.210. The molecule has 4 heteroatoms. The van der Waals surface area contributed by atoms with Gasteiger partial charge < -0.3 is 4.74 Å². The van der Waals surface area contributed by atoms with Crippen LogP contribution in [0.15, 0.2) is 0 Å². The fraction of sp³-hybridized carbons (Fsp3) is 0.900. The molecule has 0 aliphatic carbocycles. The van der Waals surface area contributed by atoms with E-state index in [1.807, 2.05) is 0 Å². The molecule has 0 bridgehead atoms. The maximum absolute atomic E-state index is 10.8. The van der Waals surface area contributed by atoms with Crippen molar-refractivity contribution in [2.24, 2.45) is 5.92 Å². The Kier molecular flexibility index (Phi) is 14.1. The largest absolute Gasteiger partial charge is 0.465 e. The van der Waals surface area contributed by atoms with E-state index in [1.54, 1.807) is 0 Å². The Bertz CT molecular complexity index is 142. The van der Waals surface area contributed by atoms with Gasteiger partial charge in [0.25, 0.3) is 0 Å². The zero-order valence-electron chi connectivity index (χ0n) is 8.89. The third-order valence-corrected chi connectivity index (χ3v) is 2.41. The van der Waals surface area contributed by atoms with Gasteiger partial charge in [-0.05, 0) is 12.3 Å². The van der Waals surface area contributed by atoms with Gasteiger partial charge in [0.05, 0.1) is 12.4 Å². The number of hydrogen-bond donors (Lipinski definition) is 1. The van der Waals surface area contributed by atoms with Crippen LogP contribution < -0.4 is 0 Å². The SMILES string of the molecule is CCCCC(CC)COC(=O)CS.[Au]. The summed E-state index contributed by atoms with van der Waals surface area (Å²) in [4.78, 5) is 10.8. The number of carbonyl (C=O) groups is 1. The maximum atomic E-state index is 10.8. The number of carbonyl (C=O) groups excluding carboxylic acids is 1. The molecule has 0 heterocycles. The molecule has 0 saturated carbocycles. The van der Waals surface area contributed by atoms with Gasteiger partial charge in [-0.1, -0.05) is 33.1 Å². The minimum Gasteiger partial charge on any atom is -0.465 e. The summed E-state index contributed by atoms with van der Waals surface area (Å²) in [6.45, 7) is 4.87. The summed E-state index contributed by atoms with van der Waals surface area (Å²) in [7, 11) is 0. The van der Waals surface area contributed by atoms with Crippen molar-refractivity contribution in [2.75, 3.05) is 12.4 Å². The molecule has 0 aromatic heterocycles. The molecule has 2 nitrogen and oxygen atoms in total. The summed E-state index contributed by atoms with van der Waals surface area (Å²) in [6, 6.07) is 0. The quantitative estimate of drug-likeness (QED) is 0.404. The topological polar surface area (TPSA) is 26.3 Å².